The lowest BCUT2D eigenvalue weighted by atomic mass is 9.95. The molecule has 2 aromatic rings. The second-order valence-electron chi connectivity index (χ2n) is 5.79. The van der Waals surface area contributed by atoms with Crippen molar-refractivity contribution in [3.05, 3.63) is 52.0 Å². The Morgan fingerprint density at radius 3 is 2.81 bits per heavy atom. The second-order valence-corrected chi connectivity index (χ2v) is 6.65. The fourth-order valence-electron chi connectivity index (χ4n) is 3.26. The van der Waals surface area contributed by atoms with Crippen LogP contribution in [0.15, 0.2) is 35.1 Å². The van der Waals surface area contributed by atoms with Gasteiger partial charge in [-0.3, -0.25) is 0 Å². The summed E-state index contributed by atoms with van der Waals surface area (Å²) in [4.78, 5) is 4.64. The number of imidazole rings is 1. The van der Waals surface area contributed by atoms with Gasteiger partial charge in [0.25, 0.3) is 0 Å². The first-order valence-electron chi connectivity index (χ1n) is 7.77. The Kier molecular flexibility index (Phi) is 4.45. The molecule has 0 radical (unpaired) electrons. The molecule has 3 nitrogen and oxygen atoms in total. The van der Waals surface area contributed by atoms with E-state index >= 15 is 0 Å². The Morgan fingerprint density at radius 1 is 1.29 bits per heavy atom. The summed E-state index contributed by atoms with van der Waals surface area (Å²) in [5.74, 6) is 0. The smallest absolute Gasteiger partial charge is 0.0957 e. The number of fused-ring (bicyclic) bond motifs is 1. The van der Waals surface area contributed by atoms with E-state index in [4.69, 9.17) is 5.73 Å². The van der Waals surface area contributed by atoms with Crippen LogP contribution in [-0.4, -0.2) is 15.6 Å². The summed E-state index contributed by atoms with van der Waals surface area (Å²) >= 11 is 3.69. The lowest BCUT2D eigenvalue weighted by Gasteiger charge is -2.28. The molecule has 4 heteroatoms. The van der Waals surface area contributed by atoms with Crippen molar-refractivity contribution >= 4 is 15.9 Å². The highest BCUT2D eigenvalue weighted by Crippen LogP contribution is 2.32. The summed E-state index contributed by atoms with van der Waals surface area (Å²) in [6.45, 7) is 2.15. The molecular formula is C17H22BrN3. The third kappa shape index (κ3) is 2.79. The lowest BCUT2D eigenvalue weighted by molar-refractivity contribution is 0.440. The van der Waals surface area contributed by atoms with E-state index in [1.165, 1.54) is 29.8 Å². The third-order valence-corrected chi connectivity index (χ3v) is 5.18. The molecule has 1 aromatic heterocycles. The predicted octanol–water partition coefficient (Wildman–Crippen LogP) is 3.85. The van der Waals surface area contributed by atoms with Crippen molar-refractivity contribution in [3.8, 4) is 0 Å². The summed E-state index contributed by atoms with van der Waals surface area (Å²) in [6, 6.07) is 8.63. The van der Waals surface area contributed by atoms with E-state index in [1.807, 2.05) is 12.4 Å². The molecule has 2 unspecified atom stereocenters. The molecular weight excluding hydrogens is 326 g/mol. The van der Waals surface area contributed by atoms with Gasteiger partial charge in [0.15, 0.2) is 0 Å². The first kappa shape index (κ1) is 14.8. The van der Waals surface area contributed by atoms with E-state index in [1.54, 1.807) is 0 Å². The van der Waals surface area contributed by atoms with Gasteiger partial charge in [0.2, 0.25) is 0 Å². The minimum atomic E-state index is 0.0870. The molecule has 2 atom stereocenters. The van der Waals surface area contributed by atoms with Gasteiger partial charge in [-0.25, -0.2) is 4.98 Å². The molecule has 2 N–H and O–H groups in total. The number of benzene rings is 1. The molecule has 0 aliphatic heterocycles. The molecule has 1 aliphatic carbocycles. The largest absolute Gasteiger partial charge is 0.326 e. The number of rotatable bonds is 4. The van der Waals surface area contributed by atoms with E-state index < -0.39 is 0 Å². The Balaban J connectivity index is 2.08. The van der Waals surface area contributed by atoms with Crippen molar-refractivity contribution in [2.45, 2.75) is 51.1 Å². The zero-order chi connectivity index (χ0) is 14.8. The zero-order valence-electron chi connectivity index (χ0n) is 12.4. The fraction of sp³-hybridized carbons (Fsp3) is 0.471. The first-order chi connectivity index (χ1) is 10.2. The summed E-state index contributed by atoms with van der Waals surface area (Å²) in [5.41, 5.74) is 10.4. The van der Waals surface area contributed by atoms with Crippen LogP contribution in [0, 0.1) is 0 Å². The highest BCUT2D eigenvalue weighted by atomic mass is 79.9. The van der Waals surface area contributed by atoms with E-state index in [0.717, 1.165) is 23.7 Å². The highest BCUT2D eigenvalue weighted by molar-refractivity contribution is 9.10. The summed E-state index contributed by atoms with van der Waals surface area (Å²) in [5, 5.41) is 0. The Morgan fingerprint density at radius 2 is 2.05 bits per heavy atom. The van der Waals surface area contributed by atoms with E-state index in [0.29, 0.717) is 0 Å². The molecule has 1 heterocycles. The highest BCUT2D eigenvalue weighted by Gasteiger charge is 2.26. The van der Waals surface area contributed by atoms with Gasteiger partial charge in [0, 0.05) is 16.2 Å². The number of hydrogen-bond acceptors (Lipinski definition) is 2. The molecule has 3 rings (SSSR count). The normalized spacial score (nSPS) is 17.3. The van der Waals surface area contributed by atoms with Crippen LogP contribution in [0.4, 0.5) is 0 Å². The van der Waals surface area contributed by atoms with Gasteiger partial charge < -0.3 is 10.3 Å². The van der Waals surface area contributed by atoms with Crippen LogP contribution < -0.4 is 5.73 Å². The van der Waals surface area contributed by atoms with Crippen LogP contribution in [0.3, 0.4) is 0 Å². The Labute approximate surface area is 134 Å². The predicted molar refractivity (Wildman–Crippen MR) is 89.4 cm³/mol. The Bertz CT molecular complexity index is 620. The molecule has 21 heavy (non-hydrogen) atoms. The Hall–Kier alpha value is -1.13. The molecule has 0 bridgehead atoms. The molecule has 112 valence electrons. The van der Waals surface area contributed by atoms with Gasteiger partial charge in [0.1, 0.15) is 0 Å². The van der Waals surface area contributed by atoms with Crippen molar-refractivity contribution in [1.82, 2.24) is 9.55 Å². The number of nitrogens with two attached hydrogens (primary N) is 1. The maximum Gasteiger partial charge on any atom is 0.0957 e. The minimum absolute atomic E-state index is 0.0870. The van der Waals surface area contributed by atoms with Crippen molar-refractivity contribution in [3.63, 3.8) is 0 Å². The summed E-state index contributed by atoms with van der Waals surface area (Å²) in [7, 11) is 0. The molecule has 0 saturated heterocycles. The van der Waals surface area contributed by atoms with Crippen molar-refractivity contribution < 1.29 is 0 Å². The fourth-order valence-corrected chi connectivity index (χ4v) is 3.78. The van der Waals surface area contributed by atoms with Gasteiger partial charge in [-0.1, -0.05) is 41.1 Å². The standard InChI is InChI=1S/C17H22BrN3/c1-2-14(19)17(12-7-3-4-8-13(12)18)21-11-20-15-9-5-6-10-16(15)21/h3-4,7-8,11,14,17H,2,5-6,9-10,19H2,1H3. The van der Waals surface area contributed by atoms with Crippen molar-refractivity contribution in [1.29, 1.82) is 0 Å². The number of halogens is 1. The van der Waals surface area contributed by atoms with E-state index in [9.17, 15) is 0 Å². The summed E-state index contributed by atoms with van der Waals surface area (Å²) < 4.78 is 3.44. The molecule has 1 aromatic carbocycles. The van der Waals surface area contributed by atoms with E-state index in [-0.39, 0.29) is 12.1 Å². The second kappa shape index (κ2) is 6.32. The van der Waals surface area contributed by atoms with Gasteiger partial charge in [-0.15, -0.1) is 0 Å². The molecule has 0 fully saturated rings. The van der Waals surface area contributed by atoms with Crippen LogP contribution >= 0.6 is 15.9 Å². The first-order valence-corrected chi connectivity index (χ1v) is 8.56. The quantitative estimate of drug-likeness (QED) is 0.912. The number of aryl methyl sites for hydroxylation is 1. The SMILES string of the molecule is CCC(N)C(c1ccccc1Br)n1cnc2c1CCCC2. The van der Waals surface area contributed by atoms with Crippen LogP contribution in [0.5, 0.6) is 0 Å². The maximum atomic E-state index is 6.47. The monoisotopic (exact) mass is 347 g/mol. The number of nitrogens with zero attached hydrogens (tertiary/aromatic N) is 2. The molecule has 1 aliphatic rings. The van der Waals surface area contributed by atoms with Gasteiger partial charge in [0.05, 0.1) is 18.1 Å². The van der Waals surface area contributed by atoms with Crippen LogP contribution in [-0.2, 0) is 12.8 Å². The number of hydrogen-bond donors (Lipinski definition) is 1. The van der Waals surface area contributed by atoms with Crippen LogP contribution in [0.1, 0.15) is 49.2 Å². The maximum absolute atomic E-state index is 6.47. The average molecular weight is 348 g/mol. The number of aromatic nitrogens is 2. The molecule has 0 saturated carbocycles. The topological polar surface area (TPSA) is 43.8 Å². The van der Waals surface area contributed by atoms with Crippen LogP contribution in [0.2, 0.25) is 0 Å². The van der Waals surface area contributed by atoms with Crippen LogP contribution in [0.25, 0.3) is 0 Å². The molecule has 0 amide bonds. The van der Waals surface area contributed by atoms with E-state index in [2.05, 4.69) is 50.6 Å². The average Bonchev–Trinajstić information content (AvgIpc) is 2.93. The van der Waals surface area contributed by atoms with Crippen molar-refractivity contribution in [2.75, 3.05) is 0 Å². The van der Waals surface area contributed by atoms with Gasteiger partial charge in [-0.2, -0.15) is 0 Å². The zero-order valence-corrected chi connectivity index (χ0v) is 14.0. The molecule has 0 spiro atoms. The minimum Gasteiger partial charge on any atom is -0.326 e. The summed E-state index contributed by atoms with van der Waals surface area (Å²) in [6.07, 6.45) is 7.67. The van der Waals surface area contributed by atoms with Gasteiger partial charge >= 0.3 is 0 Å². The van der Waals surface area contributed by atoms with Gasteiger partial charge in [-0.05, 0) is 43.7 Å². The third-order valence-electron chi connectivity index (χ3n) is 4.46. The lowest BCUT2D eigenvalue weighted by Crippen LogP contribution is -2.33. The van der Waals surface area contributed by atoms with Crippen molar-refractivity contribution in [2.24, 2.45) is 5.73 Å².